The predicted molar refractivity (Wildman–Crippen MR) is 69.8 cm³/mol. The van der Waals surface area contributed by atoms with Gasteiger partial charge in [0, 0.05) is 35.6 Å². The number of hydrogen-bond acceptors (Lipinski definition) is 1. The predicted octanol–water partition coefficient (Wildman–Crippen LogP) is 3.93. The molecule has 0 heterocycles. The van der Waals surface area contributed by atoms with Crippen molar-refractivity contribution in [3.05, 3.63) is 28.8 Å². The molecule has 0 spiro atoms. The third kappa shape index (κ3) is 3.75. The summed E-state index contributed by atoms with van der Waals surface area (Å²) in [5.74, 6) is 1.17. The van der Waals surface area contributed by atoms with E-state index in [9.17, 15) is 0 Å². The number of rotatable bonds is 5. The van der Waals surface area contributed by atoms with Crippen molar-refractivity contribution in [3.63, 3.8) is 0 Å². The van der Waals surface area contributed by atoms with Crippen LogP contribution in [0.15, 0.2) is 18.2 Å². The lowest BCUT2D eigenvalue weighted by molar-refractivity contribution is 0.869. The quantitative estimate of drug-likeness (QED) is 0.730. The Labute approximate surface area is 106 Å². The van der Waals surface area contributed by atoms with Crippen LogP contribution in [0.1, 0.15) is 5.56 Å². The zero-order chi connectivity index (χ0) is 11.3. The molecule has 1 aromatic carbocycles. The Kier molecular flexibility index (Phi) is 5.59. The van der Waals surface area contributed by atoms with E-state index in [1.54, 1.807) is 0 Å². The van der Waals surface area contributed by atoms with Crippen LogP contribution in [0.4, 0.5) is 5.69 Å². The van der Waals surface area contributed by atoms with Gasteiger partial charge in [0.15, 0.2) is 0 Å². The standard InChI is InChI=1S/C11H14Cl3N/c1-9-2-3-10(14)8-11(9)15(6-4-12)7-5-13/h2-3,8H,4-7H2,1H3. The first kappa shape index (κ1) is 13.0. The SMILES string of the molecule is Cc1ccc(Cl)cc1N(CCCl)CCCl. The summed E-state index contributed by atoms with van der Waals surface area (Å²) >= 11 is 17.5. The summed E-state index contributed by atoms with van der Waals surface area (Å²) < 4.78 is 0. The van der Waals surface area contributed by atoms with Crippen molar-refractivity contribution in [2.24, 2.45) is 0 Å². The molecule has 1 aromatic rings. The van der Waals surface area contributed by atoms with Crippen molar-refractivity contribution in [1.29, 1.82) is 0 Å². The molecule has 0 saturated carbocycles. The van der Waals surface area contributed by atoms with Gasteiger partial charge in [0.2, 0.25) is 0 Å². The molecular weight excluding hydrogens is 252 g/mol. The Balaban J connectivity index is 2.93. The largest absolute Gasteiger partial charge is 0.369 e. The molecule has 0 atom stereocenters. The second kappa shape index (κ2) is 6.47. The lowest BCUT2D eigenvalue weighted by Gasteiger charge is -2.24. The topological polar surface area (TPSA) is 3.24 Å². The molecule has 0 amide bonds. The molecule has 0 N–H and O–H groups in total. The maximum absolute atomic E-state index is 5.97. The lowest BCUT2D eigenvalue weighted by Crippen LogP contribution is -2.28. The lowest BCUT2D eigenvalue weighted by atomic mass is 10.2. The van der Waals surface area contributed by atoms with Crippen molar-refractivity contribution < 1.29 is 0 Å². The first-order chi connectivity index (χ1) is 7.19. The van der Waals surface area contributed by atoms with Gasteiger partial charge in [-0.3, -0.25) is 0 Å². The maximum atomic E-state index is 5.97. The molecular formula is C11H14Cl3N. The van der Waals surface area contributed by atoms with Gasteiger partial charge >= 0.3 is 0 Å². The highest BCUT2D eigenvalue weighted by molar-refractivity contribution is 6.30. The van der Waals surface area contributed by atoms with E-state index in [0.29, 0.717) is 11.8 Å². The Bertz CT molecular complexity index is 309. The Morgan fingerprint density at radius 3 is 2.27 bits per heavy atom. The first-order valence-electron chi connectivity index (χ1n) is 4.82. The van der Waals surface area contributed by atoms with Gasteiger partial charge in [0.05, 0.1) is 0 Å². The van der Waals surface area contributed by atoms with E-state index in [1.165, 1.54) is 5.56 Å². The number of benzene rings is 1. The smallest absolute Gasteiger partial charge is 0.0426 e. The fourth-order valence-corrected chi connectivity index (χ4v) is 2.05. The Hall–Kier alpha value is -0.110. The van der Waals surface area contributed by atoms with Crippen LogP contribution in [0.5, 0.6) is 0 Å². The normalized spacial score (nSPS) is 10.4. The number of aryl methyl sites for hydroxylation is 1. The molecule has 0 bridgehead atoms. The van der Waals surface area contributed by atoms with Gasteiger partial charge in [-0.05, 0) is 24.6 Å². The molecule has 0 saturated heterocycles. The van der Waals surface area contributed by atoms with E-state index >= 15 is 0 Å². The van der Waals surface area contributed by atoms with Crippen molar-refractivity contribution in [3.8, 4) is 0 Å². The van der Waals surface area contributed by atoms with Crippen LogP contribution >= 0.6 is 34.8 Å². The molecule has 0 unspecified atom stereocenters. The molecule has 0 aliphatic carbocycles. The highest BCUT2D eigenvalue weighted by atomic mass is 35.5. The minimum Gasteiger partial charge on any atom is -0.369 e. The molecule has 1 nitrogen and oxygen atoms in total. The zero-order valence-corrected chi connectivity index (χ0v) is 10.9. The van der Waals surface area contributed by atoms with Gasteiger partial charge < -0.3 is 4.90 Å². The molecule has 0 aliphatic heterocycles. The zero-order valence-electron chi connectivity index (χ0n) is 8.64. The van der Waals surface area contributed by atoms with E-state index < -0.39 is 0 Å². The second-order valence-corrected chi connectivity index (χ2v) is 4.49. The molecule has 1 rings (SSSR count). The summed E-state index contributed by atoms with van der Waals surface area (Å²) in [5.41, 5.74) is 2.30. The molecule has 0 fully saturated rings. The van der Waals surface area contributed by atoms with Gasteiger partial charge in [0.25, 0.3) is 0 Å². The minimum atomic E-state index is 0.586. The van der Waals surface area contributed by atoms with Gasteiger partial charge in [-0.1, -0.05) is 17.7 Å². The monoisotopic (exact) mass is 265 g/mol. The number of anilines is 1. The average Bonchev–Trinajstić information content (AvgIpc) is 2.21. The summed E-state index contributed by atoms with van der Waals surface area (Å²) in [5, 5.41) is 0.741. The molecule has 0 aromatic heterocycles. The van der Waals surface area contributed by atoms with Gasteiger partial charge in [-0.25, -0.2) is 0 Å². The van der Waals surface area contributed by atoms with E-state index in [1.807, 2.05) is 18.2 Å². The Morgan fingerprint density at radius 1 is 1.13 bits per heavy atom. The van der Waals surface area contributed by atoms with E-state index in [-0.39, 0.29) is 0 Å². The summed E-state index contributed by atoms with van der Waals surface area (Å²) in [4.78, 5) is 2.15. The van der Waals surface area contributed by atoms with Gasteiger partial charge in [-0.15, -0.1) is 23.2 Å². The van der Waals surface area contributed by atoms with Crippen LogP contribution in [0, 0.1) is 6.92 Å². The fraction of sp³-hybridized carbons (Fsp3) is 0.455. The van der Waals surface area contributed by atoms with Crippen molar-refractivity contribution in [2.45, 2.75) is 6.92 Å². The molecule has 15 heavy (non-hydrogen) atoms. The van der Waals surface area contributed by atoms with Crippen LogP contribution in [-0.4, -0.2) is 24.8 Å². The van der Waals surface area contributed by atoms with E-state index in [4.69, 9.17) is 34.8 Å². The highest BCUT2D eigenvalue weighted by Gasteiger charge is 2.08. The van der Waals surface area contributed by atoms with Crippen LogP contribution in [0.25, 0.3) is 0 Å². The highest BCUT2D eigenvalue weighted by Crippen LogP contribution is 2.24. The fourth-order valence-electron chi connectivity index (χ4n) is 1.48. The third-order valence-corrected chi connectivity index (χ3v) is 2.79. The van der Waals surface area contributed by atoms with Crippen LogP contribution in [0.2, 0.25) is 5.02 Å². The van der Waals surface area contributed by atoms with E-state index in [0.717, 1.165) is 23.8 Å². The van der Waals surface area contributed by atoms with Crippen molar-refractivity contribution >= 4 is 40.5 Å². The Morgan fingerprint density at radius 2 is 1.73 bits per heavy atom. The van der Waals surface area contributed by atoms with Gasteiger partial charge in [0.1, 0.15) is 0 Å². The summed E-state index contributed by atoms with van der Waals surface area (Å²) in [6.07, 6.45) is 0. The summed E-state index contributed by atoms with van der Waals surface area (Å²) in [6, 6.07) is 5.85. The maximum Gasteiger partial charge on any atom is 0.0426 e. The van der Waals surface area contributed by atoms with Crippen LogP contribution in [-0.2, 0) is 0 Å². The summed E-state index contributed by atoms with van der Waals surface area (Å²) in [7, 11) is 0. The summed E-state index contributed by atoms with van der Waals surface area (Å²) in [6.45, 7) is 3.63. The van der Waals surface area contributed by atoms with Crippen LogP contribution in [0.3, 0.4) is 0 Å². The second-order valence-electron chi connectivity index (χ2n) is 3.30. The molecule has 0 radical (unpaired) electrons. The number of nitrogens with zero attached hydrogens (tertiary/aromatic N) is 1. The third-order valence-electron chi connectivity index (χ3n) is 2.22. The van der Waals surface area contributed by atoms with Crippen molar-refractivity contribution in [2.75, 3.05) is 29.7 Å². The minimum absolute atomic E-state index is 0.586. The van der Waals surface area contributed by atoms with Crippen LogP contribution < -0.4 is 4.90 Å². The molecule has 0 aliphatic rings. The molecule has 84 valence electrons. The number of halogens is 3. The first-order valence-corrected chi connectivity index (χ1v) is 6.26. The number of hydrogen-bond donors (Lipinski definition) is 0. The molecule has 4 heteroatoms. The van der Waals surface area contributed by atoms with Crippen molar-refractivity contribution in [1.82, 2.24) is 0 Å². The number of alkyl halides is 2. The van der Waals surface area contributed by atoms with E-state index in [2.05, 4.69) is 11.8 Å². The average molecular weight is 267 g/mol. The van der Waals surface area contributed by atoms with Gasteiger partial charge in [-0.2, -0.15) is 0 Å².